The van der Waals surface area contributed by atoms with E-state index in [9.17, 15) is 0 Å². The van der Waals surface area contributed by atoms with Gasteiger partial charge in [0.05, 0.1) is 5.39 Å². The second kappa shape index (κ2) is 4.82. The van der Waals surface area contributed by atoms with Gasteiger partial charge in [-0.15, -0.1) is 11.3 Å². The lowest BCUT2D eigenvalue weighted by Gasteiger charge is -2.04. The Balaban J connectivity index is 2.42. The van der Waals surface area contributed by atoms with Crippen LogP contribution in [0.3, 0.4) is 0 Å². The van der Waals surface area contributed by atoms with Gasteiger partial charge in [0.1, 0.15) is 10.6 Å². The van der Waals surface area contributed by atoms with Crippen molar-refractivity contribution in [2.24, 2.45) is 5.92 Å². The van der Waals surface area contributed by atoms with Crippen LogP contribution in [0.4, 0.5) is 5.82 Å². The van der Waals surface area contributed by atoms with Crippen molar-refractivity contribution in [2.45, 2.75) is 32.9 Å². The molecular formula is C12H17N3S2. The van der Waals surface area contributed by atoms with E-state index < -0.39 is 0 Å². The summed E-state index contributed by atoms with van der Waals surface area (Å²) < 4.78 is 0. The summed E-state index contributed by atoms with van der Waals surface area (Å²) in [5.41, 5.74) is 7.23. The normalized spacial score (nSPS) is 11.6. The van der Waals surface area contributed by atoms with Gasteiger partial charge >= 0.3 is 0 Å². The topological polar surface area (TPSA) is 51.8 Å². The predicted octanol–water partition coefficient (Wildman–Crippen LogP) is 3.64. The van der Waals surface area contributed by atoms with E-state index in [0.29, 0.717) is 11.7 Å². The molecule has 0 radical (unpaired) electrons. The van der Waals surface area contributed by atoms with Crippen LogP contribution in [0.5, 0.6) is 0 Å². The Morgan fingerprint density at radius 2 is 2.00 bits per heavy atom. The van der Waals surface area contributed by atoms with Crippen molar-refractivity contribution < 1.29 is 0 Å². The molecule has 2 N–H and O–H groups in total. The van der Waals surface area contributed by atoms with Gasteiger partial charge in [0.25, 0.3) is 0 Å². The summed E-state index contributed by atoms with van der Waals surface area (Å²) in [5.74, 6) is 2.27. The average molecular weight is 267 g/mol. The molecule has 0 amide bonds. The van der Waals surface area contributed by atoms with E-state index in [1.54, 1.807) is 23.1 Å². The molecule has 0 aliphatic rings. The van der Waals surface area contributed by atoms with Gasteiger partial charge in [-0.25, -0.2) is 9.97 Å². The molecule has 2 aromatic heterocycles. The van der Waals surface area contributed by atoms with Crippen molar-refractivity contribution >= 4 is 39.1 Å². The molecule has 17 heavy (non-hydrogen) atoms. The highest BCUT2D eigenvalue weighted by Gasteiger charge is 2.12. The molecule has 0 aliphatic carbocycles. The van der Waals surface area contributed by atoms with Crippen LogP contribution in [-0.2, 0) is 0 Å². The van der Waals surface area contributed by atoms with Gasteiger partial charge in [-0.1, -0.05) is 25.6 Å². The van der Waals surface area contributed by atoms with Crippen LogP contribution in [0.2, 0.25) is 0 Å². The Labute approximate surface area is 110 Å². The fourth-order valence-corrected chi connectivity index (χ4v) is 3.46. The van der Waals surface area contributed by atoms with Gasteiger partial charge in [-0.05, 0) is 25.3 Å². The number of aromatic nitrogens is 2. The molecule has 2 heterocycles. The maximum absolute atomic E-state index is 6.02. The SMILES string of the molecule is Cc1sc2nc(SCC(C)C)nc(N)c2c1C. The molecule has 0 fully saturated rings. The second-order valence-corrected chi connectivity index (χ2v) is 6.75. The van der Waals surface area contributed by atoms with E-state index in [0.717, 1.165) is 21.1 Å². The maximum atomic E-state index is 6.02. The van der Waals surface area contributed by atoms with Crippen molar-refractivity contribution in [1.82, 2.24) is 9.97 Å². The van der Waals surface area contributed by atoms with Crippen LogP contribution in [0, 0.1) is 19.8 Å². The molecule has 0 spiro atoms. The van der Waals surface area contributed by atoms with E-state index >= 15 is 0 Å². The standard InChI is InChI=1S/C12H17N3S2/c1-6(2)5-16-12-14-10(13)9-7(3)8(4)17-11(9)15-12/h6H,5H2,1-4H3,(H2,13,14,15). The van der Waals surface area contributed by atoms with Gasteiger partial charge in [0, 0.05) is 10.6 Å². The molecule has 2 aromatic rings. The minimum atomic E-state index is 0.614. The van der Waals surface area contributed by atoms with E-state index in [1.165, 1.54) is 10.4 Å². The van der Waals surface area contributed by atoms with E-state index in [4.69, 9.17) is 5.73 Å². The molecule has 5 heteroatoms. The largest absolute Gasteiger partial charge is 0.383 e. The van der Waals surface area contributed by atoms with Crippen LogP contribution in [-0.4, -0.2) is 15.7 Å². The molecule has 0 bridgehead atoms. The lowest BCUT2D eigenvalue weighted by molar-refractivity contribution is 0.748. The zero-order valence-electron chi connectivity index (χ0n) is 10.6. The molecular weight excluding hydrogens is 250 g/mol. The average Bonchev–Trinajstić information content (AvgIpc) is 2.52. The molecule has 92 valence electrons. The van der Waals surface area contributed by atoms with E-state index in [1.807, 2.05) is 0 Å². The third-order valence-corrected chi connectivity index (χ3v) is 4.96. The Hall–Kier alpha value is -0.810. The fraction of sp³-hybridized carbons (Fsp3) is 0.500. The van der Waals surface area contributed by atoms with Crippen molar-refractivity contribution in [2.75, 3.05) is 11.5 Å². The summed E-state index contributed by atoms with van der Waals surface area (Å²) in [6.07, 6.45) is 0. The molecule has 2 rings (SSSR count). The lowest BCUT2D eigenvalue weighted by Crippen LogP contribution is -1.98. The van der Waals surface area contributed by atoms with Crippen molar-refractivity contribution in [1.29, 1.82) is 0 Å². The molecule has 0 aliphatic heterocycles. The fourth-order valence-electron chi connectivity index (χ4n) is 1.57. The Bertz CT molecular complexity index is 546. The van der Waals surface area contributed by atoms with Crippen LogP contribution in [0.25, 0.3) is 10.2 Å². The van der Waals surface area contributed by atoms with Crippen molar-refractivity contribution in [3.05, 3.63) is 10.4 Å². The third kappa shape index (κ3) is 2.55. The molecule has 0 unspecified atom stereocenters. The second-order valence-electron chi connectivity index (χ2n) is 4.56. The van der Waals surface area contributed by atoms with E-state index in [2.05, 4.69) is 37.7 Å². The van der Waals surface area contributed by atoms with Crippen LogP contribution in [0.15, 0.2) is 5.16 Å². The third-order valence-electron chi connectivity index (χ3n) is 2.58. The first kappa shape index (κ1) is 12.6. The van der Waals surface area contributed by atoms with E-state index in [-0.39, 0.29) is 0 Å². The number of rotatable bonds is 3. The summed E-state index contributed by atoms with van der Waals surface area (Å²) in [6, 6.07) is 0. The summed E-state index contributed by atoms with van der Waals surface area (Å²) in [7, 11) is 0. The summed E-state index contributed by atoms with van der Waals surface area (Å²) in [4.78, 5) is 11.2. The molecule has 3 nitrogen and oxygen atoms in total. The van der Waals surface area contributed by atoms with Gasteiger partial charge in [-0.3, -0.25) is 0 Å². The van der Waals surface area contributed by atoms with Gasteiger partial charge in [0.2, 0.25) is 0 Å². The first-order chi connectivity index (χ1) is 7.99. The first-order valence-electron chi connectivity index (χ1n) is 5.65. The minimum absolute atomic E-state index is 0.614. The highest BCUT2D eigenvalue weighted by atomic mass is 32.2. The quantitative estimate of drug-likeness (QED) is 0.681. The number of nitrogens with two attached hydrogens (primary N) is 1. The number of hydrogen-bond acceptors (Lipinski definition) is 5. The zero-order valence-corrected chi connectivity index (χ0v) is 12.2. The number of hydrogen-bond donors (Lipinski definition) is 1. The monoisotopic (exact) mass is 267 g/mol. The lowest BCUT2D eigenvalue weighted by atomic mass is 10.2. The minimum Gasteiger partial charge on any atom is -0.383 e. The van der Waals surface area contributed by atoms with Crippen molar-refractivity contribution in [3.63, 3.8) is 0 Å². The number of aryl methyl sites for hydroxylation is 2. The highest BCUT2D eigenvalue weighted by Crippen LogP contribution is 2.33. The number of thioether (sulfide) groups is 1. The van der Waals surface area contributed by atoms with Gasteiger partial charge in [-0.2, -0.15) is 0 Å². The number of nitrogens with zero attached hydrogens (tertiary/aromatic N) is 2. The summed E-state index contributed by atoms with van der Waals surface area (Å²) in [5, 5.41) is 1.83. The molecule has 0 saturated heterocycles. The molecule has 0 atom stereocenters. The number of nitrogen functional groups attached to an aromatic ring is 1. The molecule has 0 saturated carbocycles. The Kier molecular flexibility index (Phi) is 3.58. The Morgan fingerprint density at radius 3 is 2.65 bits per heavy atom. The Morgan fingerprint density at radius 1 is 1.29 bits per heavy atom. The van der Waals surface area contributed by atoms with Gasteiger partial charge in [0.15, 0.2) is 5.16 Å². The number of thiophene rings is 1. The summed E-state index contributed by atoms with van der Waals surface area (Å²) >= 11 is 3.37. The van der Waals surface area contributed by atoms with Crippen LogP contribution in [0.1, 0.15) is 24.3 Å². The summed E-state index contributed by atoms with van der Waals surface area (Å²) in [6.45, 7) is 8.56. The van der Waals surface area contributed by atoms with Crippen LogP contribution >= 0.6 is 23.1 Å². The van der Waals surface area contributed by atoms with Crippen LogP contribution < -0.4 is 5.73 Å². The maximum Gasteiger partial charge on any atom is 0.190 e. The predicted molar refractivity (Wildman–Crippen MR) is 76.9 cm³/mol. The van der Waals surface area contributed by atoms with Gasteiger partial charge < -0.3 is 5.73 Å². The molecule has 0 aromatic carbocycles. The number of anilines is 1. The zero-order chi connectivity index (χ0) is 12.6. The smallest absolute Gasteiger partial charge is 0.190 e. The highest BCUT2D eigenvalue weighted by molar-refractivity contribution is 7.99. The first-order valence-corrected chi connectivity index (χ1v) is 7.45. The van der Waals surface area contributed by atoms with Crippen molar-refractivity contribution in [3.8, 4) is 0 Å². The number of fused-ring (bicyclic) bond motifs is 1.